The number of rotatable bonds is 12. The first-order valence-corrected chi connectivity index (χ1v) is 40.1. The molecule has 4 aliphatic heterocycles. The molecule has 0 spiro atoms. The Morgan fingerprint density at radius 3 is 1.13 bits per heavy atom. The first kappa shape index (κ1) is 64.1. The van der Waals surface area contributed by atoms with E-state index in [9.17, 15) is 0 Å². The third kappa shape index (κ3) is 9.92. The first-order chi connectivity index (χ1) is 55.6. The van der Waals surface area contributed by atoms with Crippen molar-refractivity contribution < 1.29 is 0 Å². The van der Waals surface area contributed by atoms with E-state index in [1.165, 1.54) is 73.1 Å². The van der Waals surface area contributed by atoms with Gasteiger partial charge in [-0.1, -0.05) is 267 Å². The van der Waals surface area contributed by atoms with Crippen LogP contribution in [0.15, 0.2) is 400 Å². The van der Waals surface area contributed by atoms with Gasteiger partial charge in [-0.2, -0.15) is 0 Å². The maximum absolute atomic E-state index is 2.72. The van der Waals surface area contributed by atoms with Crippen molar-refractivity contribution in [1.29, 1.82) is 0 Å². The fourth-order valence-electron chi connectivity index (χ4n) is 18.8. The average molecular weight is 1460 g/mol. The summed E-state index contributed by atoms with van der Waals surface area (Å²) in [6, 6.07) is 150. The van der Waals surface area contributed by atoms with E-state index in [1.54, 1.807) is 0 Å². The molecule has 23 rings (SSSR count). The second-order valence-corrected chi connectivity index (χ2v) is 31.5. The van der Waals surface area contributed by atoms with Crippen LogP contribution in [0.25, 0.3) is 62.6 Å². The Hall–Kier alpha value is -13.9. The van der Waals surface area contributed by atoms with Crippen LogP contribution in [0, 0.1) is 0 Å². The number of anilines is 18. The molecule has 0 aliphatic carbocycles. The van der Waals surface area contributed by atoms with E-state index in [4.69, 9.17) is 0 Å². The second-order valence-electron chi connectivity index (χ2n) is 29.4. The Labute approximate surface area is 658 Å². The fraction of sp³-hybridized carbons (Fsp3) is 0. The SMILES string of the molecule is c1ccc(-c2cccc(-c3ccccc3)c2N2c3cc4c(cc3B3c5ccccc5N(c5ccccc5)c5cc(N(c6ccccc6)c6cccc7sc8ccccc8c67)cc2c53)B2c3ccccc3N(c3ccccc3)c3cc(N(c5ccccc5)c5cccc6c5sc5ccccc56)cc(c32)N4c2ccccc2)cc1. The molecule has 6 heterocycles. The minimum Gasteiger partial charge on any atom is -0.311 e. The van der Waals surface area contributed by atoms with Gasteiger partial charge in [0, 0.05) is 121 Å². The zero-order valence-electron chi connectivity index (χ0n) is 60.8. The number of nitrogens with zero attached hydrogens (tertiary/aromatic N) is 6. The highest BCUT2D eigenvalue weighted by Gasteiger charge is 2.50. The number of hydrogen-bond donors (Lipinski definition) is 0. The summed E-state index contributed by atoms with van der Waals surface area (Å²) in [7, 11) is 0. The van der Waals surface area contributed by atoms with Gasteiger partial charge in [0.25, 0.3) is 13.4 Å². The predicted octanol–water partition coefficient (Wildman–Crippen LogP) is 24.9. The standard InChI is InChI=1S/C102H66B2N6S2/c1-8-33-67(34-9-1)76-49-30-50-77(68-35-10-2-11-36-68)101(76)110-90-66-89-83(65-84(90)104-82-53-25-27-55-86(82)108(72-43-18-6-19-44-72)92-61-74(64-94(110)100(92)104)105(69-37-12-3-13-38-69)87-56-32-60-97-98(87)80-48-23-29-59-96(80)111-97)103-81-52-24-26-54-85(81)107(71-41-16-5-17-42-71)91-62-75(63-93(99(91)103)109(89)73-45-20-7-21-46-73)106(70-39-14-4-15-40-70)88-57-31-51-79-78-47-22-28-58-95(78)112-102(79)88/h1-66H. The Morgan fingerprint density at radius 1 is 0.232 bits per heavy atom. The first-order valence-electron chi connectivity index (χ1n) is 38.5. The summed E-state index contributed by atoms with van der Waals surface area (Å²) < 4.78 is 4.99. The number of hydrogen-bond acceptors (Lipinski definition) is 8. The summed E-state index contributed by atoms with van der Waals surface area (Å²) in [4.78, 5) is 15.5. The van der Waals surface area contributed by atoms with Gasteiger partial charge in [-0.15, -0.1) is 22.7 Å². The summed E-state index contributed by atoms with van der Waals surface area (Å²) in [5, 5.41) is 4.97. The summed E-state index contributed by atoms with van der Waals surface area (Å²) in [6.45, 7) is -0.510. The van der Waals surface area contributed by atoms with E-state index in [-0.39, 0.29) is 13.4 Å². The average Bonchev–Trinajstić information content (AvgIpc) is 0.803. The van der Waals surface area contributed by atoms with Crippen molar-refractivity contribution in [3.05, 3.63) is 400 Å². The molecule has 0 saturated carbocycles. The van der Waals surface area contributed by atoms with Crippen LogP contribution in [-0.2, 0) is 0 Å². The lowest BCUT2D eigenvalue weighted by Gasteiger charge is -2.48. The summed E-state index contributed by atoms with van der Waals surface area (Å²) in [6.07, 6.45) is 0. The van der Waals surface area contributed by atoms with E-state index in [2.05, 4.69) is 430 Å². The molecule has 112 heavy (non-hydrogen) atoms. The van der Waals surface area contributed by atoms with Crippen LogP contribution < -0.4 is 62.2 Å². The van der Waals surface area contributed by atoms with Gasteiger partial charge in [-0.3, -0.25) is 0 Å². The lowest BCUT2D eigenvalue weighted by molar-refractivity contribution is 1.22. The summed E-state index contributed by atoms with van der Waals surface area (Å²) >= 11 is 3.73. The van der Waals surface area contributed by atoms with Crippen molar-refractivity contribution in [3.8, 4) is 22.3 Å². The van der Waals surface area contributed by atoms with Crippen molar-refractivity contribution >= 4 is 212 Å². The molecule has 522 valence electrons. The minimum absolute atomic E-state index is 0.241. The molecule has 10 heteroatoms. The van der Waals surface area contributed by atoms with Gasteiger partial charge >= 0.3 is 0 Å². The molecule has 0 amide bonds. The van der Waals surface area contributed by atoms with E-state index in [0.29, 0.717) is 0 Å². The molecule has 0 fully saturated rings. The zero-order valence-corrected chi connectivity index (χ0v) is 62.4. The van der Waals surface area contributed by atoms with Gasteiger partial charge in [0.1, 0.15) is 0 Å². The normalized spacial score (nSPS) is 12.9. The molecule has 2 aromatic heterocycles. The van der Waals surface area contributed by atoms with Crippen LogP contribution in [0.1, 0.15) is 0 Å². The molecular formula is C102H66B2N6S2. The Kier molecular flexibility index (Phi) is 14.8. The number of benzene rings is 17. The van der Waals surface area contributed by atoms with Gasteiger partial charge < -0.3 is 29.4 Å². The molecule has 0 saturated heterocycles. The van der Waals surface area contributed by atoms with Gasteiger partial charge in [-0.05, 0) is 177 Å². The summed E-state index contributed by atoms with van der Waals surface area (Å²) in [5.41, 5.74) is 31.5. The van der Waals surface area contributed by atoms with Gasteiger partial charge in [0.2, 0.25) is 0 Å². The van der Waals surface area contributed by atoms with E-state index in [1.807, 2.05) is 22.7 Å². The van der Waals surface area contributed by atoms with Gasteiger partial charge in [-0.25, -0.2) is 0 Å². The summed E-state index contributed by atoms with van der Waals surface area (Å²) in [5.74, 6) is 0. The third-order valence-electron chi connectivity index (χ3n) is 23.3. The van der Waals surface area contributed by atoms with Crippen LogP contribution in [-0.4, -0.2) is 13.4 Å². The lowest BCUT2D eigenvalue weighted by atomic mass is 9.30. The molecular weight excluding hydrogens is 1390 g/mol. The van der Waals surface area contributed by atoms with Gasteiger partial charge in [0.05, 0.1) is 33.1 Å². The third-order valence-corrected chi connectivity index (χ3v) is 25.6. The highest BCUT2D eigenvalue weighted by molar-refractivity contribution is 7.26. The smallest absolute Gasteiger partial charge is 0.252 e. The molecule has 17 aromatic carbocycles. The Balaban J connectivity index is 0.874. The van der Waals surface area contributed by atoms with Crippen LogP contribution in [0.2, 0.25) is 0 Å². The molecule has 0 atom stereocenters. The molecule has 0 N–H and O–H groups in total. The number of para-hydroxylation sites is 8. The molecule has 0 bridgehead atoms. The van der Waals surface area contributed by atoms with Crippen LogP contribution in [0.3, 0.4) is 0 Å². The highest BCUT2D eigenvalue weighted by atomic mass is 32.1. The zero-order chi connectivity index (χ0) is 73.5. The Bertz CT molecular complexity index is 6890. The van der Waals surface area contributed by atoms with Crippen LogP contribution in [0.4, 0.5) is 102 Å². The predicted molar refractivity (Wildman–Crippen MR) is 481 cm³/mol. The minimum atomic E-state index is -0.269. The number of thiophene rings is 2. The van der Waals surface area contributed by atoms with Crippen molar-refractivity contribution in [1.82, 2.24) is 0 Å². The molecule has 0 radical (unpaired) electrons. The largest absolute Gasteiger partial charge is 0.311 e. The molecule has 6 nitrogen and oxygen atoms in total. The lowest BCUT2D eigenvalue weighted by Crippen LogP contribution is -2.65. The maximum Gasteiger partial charge on any atom is 0.252 e. The van der Waals surface area contributed by atoms with E-state index >= 15 is 0 Å². The Morgan fingerprint density at radius 2 is 0.607 bits per heavy atom. The van der Waals surface area contributed by atoms with Crippen molar-refractivity contribution in [2.75, 3.05) is 29.4 Å². The van der Waals surface area contributed by atoms with Gasteiger partial charge in [0.15, 0.2) is 0 Å². The topological polar surface area (TPSA) is 19.4 Å². The fourth-order valence-corrected chi connectivity index (χ4v) is 21.1. The molecule has 0 unspecified atom stereocenters. The maximum atomic E-state index is 2.72. The second kappa shape index (κ2) is 25.9. The van der Waals surface area contributed by atoms with E-state index in [0.717, 1.165) is 125 Å². The van der Waals surface area contributed by atoms with Crippen molar-refractivity contribution in [3.63, 3.8) is 0 Å². The number of fused-ring (bicyclic) bond motifs is 14. The monoisotopic (exact) mass is 1460 g/mol. The highest BCUT2D eigenvalue weighted by Crippen LogP contribution is 2.57. The van der Waals surface area contributed by atoms with Crippen LogP contribution in [0.5, 0.6) is 0 Å². The van der Waals surface area contributed by atoms with Crippen molar-refractivity contribution in [2.24, 2.45) is 0 Å². The van der Waals surface area contributed by atoms with Crippen molar-refractivity contribution in [2.45, 2.75) is 0 Å². The van der Waals surface area contributed by atoms with E-state index < -0.39 is 0 Å². The molecule has 19 aromatic rings. The molecule has 4 aliphatic rings. The van der Waals surface area contributed by atoms with Crippen LogP contribution >= 0.6 is 22.7 Å². The quantitative estimate of drug-likeness (QED) is 0.113.